The van der Waals surface area contributed by atoms with Crippen molar-refractivity contribution < 1.29 is 29.1 Å². The maximum atomic E-state index is 13.9. The summed E-state index contributed by atoms with van der Waals surface area (Å²) < 4.78 is 0. The summed E-state index contributed by atoms with van der Waals surface area (Å²) in [6, 6.07) is 8.49. The lowest BCUT2D eigenvalue weighted by molar-refractivity contribution is -0.139. The first kappa shape index (κ1) is 39.3. The minimum absolute atomic E-state index is 0.0120. The molecule has 5 rings (SSSR count). The third kappa shape index (κ3) is 9.97. The van der Waals surface area contributed by atoms with Crippen molar-refractivity contribution in [3.05, 3.63) is 64.3 Å². The number of H-pyrrole nitrogens is 1. The van der Waals surface area contributed by atoms with E-state index in [0.717, 1.165) is 38.9 Å². The van der Waals surface area contributed by atoms with E-state index in [1.807, 2.05) is 41.5 Å². The fraction of sp³-hybridized carbons (Fsp3) is 0.537. The van der Waals surface area contributed by atoms with Crippen LogP contribution in [0, 0.1) is 32.6 Å². The van der Waals surface area contributed by atoms with Gasteiger partial charge in [0.2, 0.25) is 29.5 Å². The third-order valence-corrected chi connectivity index (χ3v) is 10.8. The first-order chi connectivity index (χ1) is 25.2. The van der Waals surface area contributed by atoms with Gasteiger partial charge < -0.3 is 36.3 Å². The van der Waals surface area contributed by atoms with Crippen molar-refractivity contribution in [2.75, 3.05) is 13.1 Å². The summed E-state index contributed by atoms with van der Waals surface area (Å²) in [5.74, 6) is -1.02. The molecule has 5 atom stereocenters. The molecule has 5 amide bonds. The molecule has 0 aliphatic carbocycles. The van der Waals surface area contributed by atoms with Crippen LogP contribution < -0.4 is 21.3 Å². The maximum Gasteiger partial charge on any atom is 0.243 e. The van der Waals surface area contributed by atoms with Crippen molar-refractivity contribution in [2.24, 2.45) is 11.8 Å². The van der Waals surface area contributed by atoms with Crippen LogP contribution >= 0.6 is 0 Å². The Morgan fingerprint density at radius 2 is 1.68 bits per heavy atom. The number of carbonyl (C=O) groups is 5. The number of hydrogen-bond acceptors (Lipinski definition) is 6. The number of benzene rings is 2. The highest BCUT2D eigenvalue weighted by Gasteiger charge is 2.41. The van der Waals surface area contributed by atoms with Crippen LogP contribution in [0.25, 0.3) is 10.9 Å². The Labute approximate surface area is 312 Å². The highest BCUT2D eigenvalue weighted by atomic mass is 16.3. The molecule has 2 aliphatic heterocycles. The quantitative estimate of drug-likeness (QED) is 0.224. The van der Waals surface area contributed by atoms with E-state index in [2.05, 4.69) is 38.4 Å². The van der Waals surface area contributed by atoms with Crippen molar-refractivity contribution in [3.8, 4) is 5.75 Å². The van der Waals surface area contributed by atoms with Gasteiger partial charge in [0.25, 0.3) is 0 Å². The third-order valence-electron chi connectivity index (χ3n) is 10.8. The number of rotatable bonds is 6. The predicted molar refractivity (Wildman–Crippen MR) is 204 cm³/mol. The summed E-state index contributed by atoms with van der Waals surface area (Å²) in [5.41, 5.74) is 5.90. The van der Waals surface area contributed by atoms with E-state index in [9.17, 15) is 29.1 Å². The van der Waals surface area contributed by atoms with Gasteiger partial charge in [-0.05, 0) is 92.7 Å². The molecule has 1 aromatic heterocycles. The van der Waals surface area contributed by atoms with Crippen molar-refractivity contribution in [1.82, 2.24) is 31.2 Å². The number of amides is 5. The van der Waals surface area contributed by atoms with Crippen molar-refractivity contribution >= 4 is 40.4 Å². The highest BCUT2D eigenvalue weighted by molar-refractivity contribution is 5.94. The first-order valence-electron chi connectivity index (χ1n) is 19.0. The Kier molecular flexibility index (Phi) is 12.8. The summed E-state index contributed by atoms with van der Waals surface area (Å²) in [6.07, 6.45) is 2.67. The van der Waals surface area contributed by atoms with Crippen LogP contribution in [0.3, 0.4) is 0 Å². The Hall–Kier alpha value is -4.87. The fourth-order valence-corrected chi connectivity index (χ4v) is 7.72. The average Bonchev–Trinajstić information content (AvgIpc) is 3.67. The number of nitrogens with zero attached hydrogens (tertiary/aromatic N) is 1. The highest BCUT2D eigenvalue weighted by Crippen LogP contribution is 2.29. The predicted octanol–water partition coefficient (Wildman–Crippen LogP) is 4.01. The first-order valence-corrected chi connectivity index (χ1v) is 19.0. The molecular weight excluding hydrogens is 672 g/mol. The maximum absolute atomic E-state index is 13.9. The number of aromatic hydroxyl groups is 1. The Morgan fingerprint density at radius 3 is 2.40 bits per heavy atom. The van der Waals surface area contributed by atoms with E-state index in [4.69, 9.17) is 0 Å². The minimum atomic E-state index is -0.829. The molecule has 0 saturated carbocycles. The number of carbonyl (C=O) groups excluding carboxylic acids is 5. The molecule has 2 fully saturated rings. The molecule has 0 radical (unpaired) electrons. The van der Waals surface area contributed by atoms with Crippen molar-refractivity contribution in [1.29, 1.82) is 0 Å². The fourth-order valence-electron chi connectivity index (χ4n) is 7.72. The van der Waals surface area contributed by atoms with E-state index < -0.39 is 18.1 Å². The van der Waals surface area contributed by atoms with Crippen LogP contribution in [-0.4, -0.2) is 81.8 Å². The Bertz CT molecular complexity index is 1820. The number of nitrogens with one attached hydrogen (secondary N) is 5. The molecule has 6 N–H and O–H groups in total. The lowest BCUT2D eigenvalue weighted by Crippen LogP contribution is -2.50. The van der Waals surface area contributed by atoms with Gasteiger partial charge in [-0.1, -0.05) is 45.0 Å². The number of phenolic OH excluding ortho intramolecular Hbond substituents is 1. The summed E-state index contributed by atoms with van der Waals surface area (Å²) >= 11 is 0. The molecule has 286 valence electrons. The zero-order valence-electron chi connectivity index (χ0n) is 31.9. The van der Waals surface area contributed by atoms with Gasteiger partial charge in [-0.25, -0.2) is 0 Å². The molecule has 0 bridgehead atoms. The summed E-state index contributed by atoms with van der Waals surface area (Å²) in [7, 11) is 0. The molecule has 2 aromatic carbocycles. The van der Waals surface area contributed by atoms with Gasteiger partial charge in [0, 0.05) is 61.0 Å². The Balaban J connectivity index is 1.31. The van der Waals surface area contributed by atoms with Crippen LogP contribution in [0.15, 0.2) is 36.4 Å². The van der Waals surface area contributed by atoms with Crippen molar-refractivity contribution in [2.45, 2.75) is 117 Å². The van der Waals surface area contributed by atoms with Crippen LogP contribution in [0.5, 0.6) is 5.75 Å². The topological polar surface area (TPSA) is 173 Å². The molecule has 2 aliphatic rings. The van der Waals surface area contributed by atoms with E-state index in [1.165, 1.54) is 0 Å². The molecule has 12 heteroatoms. The normalized spacial score (nSPS) is 23.9. The second-order valence-electron chi connectivity index (χ2n) is 15.5. The van der Waals surface area contributed by atoms with Gasteiger partial charge in [0.15, 0.2) is 0 Å². The number of aromatic nitrogens is 1. The van der Waals surface area contributed by atoms with Crippen LogP contribution in [-0.2, 0) is 36.8 Å². The summed E-state index contributed by atoms with van der Waals surface area (Å²) in [4.78, 5) is 72.7. The van der Waals surface area contributed by atoms with Gasteiger partial charge in [0.1, 0.15) is 17.8 Å². The average molecular weight is 729 g/mol. The lowest BCUT2D eigenvalue weighted by atomic mass is 9.92. The number of aryl methyl sites for hydroxylation is 3. The van der Waals surface area contributed by atoms with Gasteiger partial charge >= 0.3 is 0 Å². The molecule has 0 spiro atoms. The lowest BCUT2D eigenvalue weighted by Gasteiger charge is -2.29. The summed E-state index contributed by atoms with van der Waals surface area (Å²) in [6.45, 7) is 12.5. The van der Waals surface area contributed by atoms with Gasteiger partial charge in [-0.3, -0.25) is 24.0 Å². The molecule has 3 heterocycles. The van der Waals surface area contributed by atoms with Crippen LogP contribution in [0.2, 0.25) is 0 Å². The van der Waals surface area contributed by atoms with E-state index in [1.54, 1.807) is 29.2 Å². The minimum Gasteiger partial charge on any atom is -0.508 e. The van der Waals surface area contributed by atoms with E-state index >= 15 is 0 Å². The van der Waals surface area contributed by atoms with Gasteiger partial charge in [-0.2, -0.15) is 0 Å². The van der Waals surface area contributed by atoms with Crippen LogP contribution in [0.4, 0.5) is 0 Å². The van der Waals surface area contributed by atoms with Gasteiger partial charge in [0.05, 0.1) is 6.42 Å². The molecule has 2 saturated heterocycles. The second-order valence-corrected chi connectivity index (χ2v) is 15.5. The second kappa shape index (κ2) is 17.3. The number of fused-ring (bicyclic) bond motifs is 2. The standard InChI is InChI=1S/C41H56N6O6/c1-23(2)32-16-9-24(3)18-35(49)45-33(19-28-12-14-30(48)15-13-28)40(52)42-17-7-8-37(51)47-22-29(20-34(47)41(53)46-32)44-36(50)21-31-27(6)43-39-26(5)11-10-25(4)38(31)39/h10-15,23-24,29,32-34,43,48H,7-9,16-22H2,1-6H3,(H,42,52)(H,44,50)(H,45,49)(H,46,53)/t24-,29-,32+,33+,34+/m1/s1. The zero-order valence-corrected chi connectivity index (χ0v) is 31.9. The monoisotopic (exact) mass is 728 g/mol. The van der Waals surface area contributed by atoms with Crippen LogP contribution in [0.1, 0.15) is 87.2 Å². The smallest absolute Gasteiger partial charge is 0.243 e. The zero-order chi connectivity index (χ0) is 38.4. The number of phenols is 1. The Morgan fingerprint density at radius 1 is 0.962 bits per heavy atom. The SMILES string of the molecule is Cc1[nH]c2c(C)ccc(C)c2c1CC(=O)N[C@@H]1C[C@H]2C(=O)N[C@H](C(C)C)CC[C@@H](C)CC(=O)N[C@@H](Cc3ccc(O)cc3)C(=O)NCCCC(=O)N2C1. The molecule has 12 nitrogen and oxygen atoms in total. The van der Waals surface area contributed by atoms with Gasteiger partial charge in [-0.15, -0.1) is 0 Å². The number of aromatic amines is 1. The van der Waals surface area contributed by atoms with Crippen molar-refractivity contribution in [3.63, 3.8) is 0 Å². The molecule has 0 unspecified atom stereocenters. The summed E-state index contributed by atoms with van der Waals surface area (Å²) in [5, 5.41) is 22.9. The molecule has 3 aromatic rings. The number of hydrogen-bond donors (Lipinski definition) is 6. The van der Waals surface area contributed by atoms with E-state index in [-0.39, 0.29) is 91.9 Å². The van der Waals surface area contributed by atoms with E-state index in [0.29, 0.717) is 25.7 Å². The molecule has 53 heavy (non-hydrogen) atoms. The largest absolute Gasteiger partial charge is 0.508 e. The molecular formula is C41H56N6O6.